The molecule has 0 fully saturated rings. The van der Waals surface area contributed by atoms with Crippen LogP contribution in [0.4, 0.5) is 0 Å². The van der Waals surface area contributed by atoms with E-state index in [2.05, 4.69) is 10.3 Å². The monoisotopic (exact) mass is 290 g/mol. The van der Waals surface area contributed by atoms with Gasteiger partial charge in [-0.1, -0.05) is 11.6 Å². The summed E-state index contributed by atoms with van der Waals surface area (Å²) in [5, 5.41) is 3.97. The van der Waals surface area contributed by atoms with Crippen LogP contribution < -0.4 is 14.8 Å². The molecule has 0 saturated heterocycles. The van der Waals surface area contributed by atoms with Gasteiger partial charge in [0.1, 0.15) is 13.2 Å². The minimum Gasteiger partial charge on any atom is -0.486 e. The van der Waals surface area contributed by atoms with Gasteiger partial charge in [0.15, 0.2) is 11.5 Å². The maximum absolute atomic E-state index is 6.20. The number of aromatic nitrogens is 1. The number of rotatable bonds is 4. The second-order valence-electron chi connectivity index (χ2n) is 4.56. The van der Waals surface area contributed by atoms with Crippen molar-refractivity contribution in [2.45, 2.75) is 13.1 Å². The molecule has 0 spiro atoms. The van der Waals surface area contributed by atoms with Crippen molar-refractivity contribution < 1.29 is 9.47 Å². The summed E-state index contributed by atoms with van der Waals surface area (Å²) < 4.78 is 11.1. The van der Waals surface area contributed by atoms with Gasteiger partial charge >= 0.3 is 0 Å². The molecule has 0 atom stereocenters. The first-order chi connectivity index (χ1) is 9.83. The van der Waals surface area contributed by atoms with Crippen LogP contribution in [0.2, 0.25) is 5.02 Å². The van der Waals surface area contributed by atoms with Crippen LogP contribution in [0.15, 0.2) is 36.7 Å². The third-order valence-electron chi connectivity index (χ3n) is 3.06. The first kappa shape index (κ1) is 13.2. The second kappa shape index (κ2) is 6.11. The van der Waals surface area contributed by atoms with Crippen molar-refractivity contribution in [3.63, 3.8) is 0 Å². The predicted octanol–water partition coefficient (Wildman–Crippen LogP) is 2.80. The fraction of sp³-hybridized carbons (Fsp3) is 0.267. The molecule has 0 radical (unpaired) electrons. The van der Waals surface area contributed by atoms with Crippen LogP contribution in [0, 0.1) is 0 Å². The average molecular weight is 291 g/mol. The van der Waals surface area contributed by atoms with E-state index in [1.807, 2.05) is 24.3 Å². The van der Waals surface area contributed by atoms with Crippen molar-refractivity contribution in [3.05, 3.63) is 52.8 Å². The normalized spacial score (nSPS) is 13.2. The fourth-order valence-corrected chi connectivity index (χ4v) is 2.41. The number of pyridine rings is 1. The molecule has 0 saturated carbocycles. The fourth-order valence-electron chi connectivity index (χ4n) is 2.12. The van der Waals surface area contributed by atoms with Crippen molar-refractivity contribution in [1.82, 2.24) is 10.3 Å². The van der Waals surface area contributed by atoms with Crippen LogP contribution in [-0.2, 0) is 13.1 Å². The summed E-state index contributed by atoms with van der Waals surface area (Å²) in [5.74, 6) is 1.38. The number of hydrogen-bond acceptors (Lipinski definition) is 4. The molecule has 20 heavy (non-hydrogen) atoms. The molecule has 4 nitrogen and oxygen atoms in total. The number of nitrogens with one attached hydrogen (secondary N) is 1. The van der Waals surface area contributed by atoms with Crippen molar-refractivity contribution in [2.75, 3.05) is 13.2 Å². The van der Waals surface area contributed by atoms with E-state index in [9.17, 15) is 0 Å². The van der Waals surface area contributed by atoms with Gasteiger partial charge in [0.25, 0.3) is 0 Å². The van der Waals surface area contributed by atoms with Crippen LogP contribution in [0.1, 0.15) is 11.1 Å². The maximum atomic E-state index is 6.20. The zero-order chi connectivity index (χ0) is 13.8. The van der Waals surface area contributed by atoms with Gasteiger partial charge in [-0.05, 0) is 35.4 Å². The average Bonchev–Trinajstić information content (AvgIpc) is 2.48. The van der Waals surface area contributed by atoms with Gasteiger partial charge < -0.3 is 14.8 Å². The van der Waals surface area contributed by atoms with E-state index < -0.39 is 0 Å². The first-order valence-electron chi connectivity index (χ1n) is 6.50. The predicted molar refractivity (Wildman–Crippen MR) is 77.2 cm³/mol. The second-order valence-corrected chi connectivity index (χ2v) is 4.97. The Bertz CT molecular complexity index is 590. The number of nitrogens with zero attached hydrogens (tertiary/aromatic N) is 1. The van der Waals surface area contributed by atoms with Crippen LogP contribution in [0.25, 0.3) is 0 Å². The van der Waals surface area contributed by atoms with E-state index in [1.54, 1.807) is 12.4 Å². The van der Waals surface area contributed by atoms with Crippen LogP contribution in [0.3, 0.4) is 0 Å². The number of hydrogen-bond donors (Lipinski definition) is 1. The lowest BCUT2D eigenvalue weighted by atomic mass is 10.2. The van der Waals surface area contributed by atoms with E-state index in [4.69, 9.17) is 21.1 Å². The molecule has 104 valence electrons. The Morgan fingerprint density at radius 1 is 1.05 bits per heavy atom. The molecule has 0 unspecified atom stereocenters. The Hall–Kier alpha value is -1.78. The first-order valence-corrected chi connectivity index (χ1v) is 6.88. The molecule has 0 bridgehead atoms. The molecule has 1 aromatic heterocycles. The van der Waals surface area contributed by atoms with E-state index in [1.165, 1.54) is 5.56 Å². The minimum absolute atomic E-state index is 0.548. The highest BCUT2D eigenvalue weighted by Gasteiger charge is 2.16. The molecule has 1 N–H and O–H groups in total. The Kier molecular flexibility index (Phi) is 4.04. The van der Waals surface area contributed by atoms with E-state index in [-0.39, 0.29) is 0 Å². The van der Waals surface area contributed by atoms with Gasteiger partial charge in [-0.3, -0.25) is 4.98 Å². The van der Waals surface area contributed by atoms with Gasteiger partial charge in [0.05, 0.1) is 5.02 Å². The van der Waals surface area contributed by atoms with Crippen molar-refractivity contribution >= 4 is 11.6 Å². The zero-order valence-corrected chi connectivity index (χ0v) is 11.7. The maximum Gasteiger partial charge on any atom is 0.179 e. The van der Waals surface area contributed by atoms with Gasteiger partial charge in [-0.25, -0.2) is 0 Å². The van der Waals surface area contributed by atoms with Crippen LogP contribution in [-0.4, -0.2) is 18.2 Å². The Labute approximate surface area is 122 Å². The lowest BCUT2D eigenvalue weighted by molar-refractivity contribution is 0.171. The van der Waals surface area contributed by atoms with E-state index in [0.29, 0.717) is 24.0 Å². The van der Waals surface area contributed by atoms with Crippen molar-refractivity contribution in [1.29, 1.82) is 0 Å². The Morgan fingerprint density at radius 2 is 1.80 bits per heavy atom. The highest BCUT2D eigenvalue weighted by Crippen LogP contribution is 2.38. The van der Waals surface area contributed by atoms with Crippen molar-refractivity contribution in [2.24, 2.45) is 0 Å². The highest BCUT2D eigenvalue weighted by atomic mass is 35.5. The molecule has 0 amide bonds. The van der Waals surface area contributed by atoms with Crippen molar-refractivity contribution in [3.8, 4) is 11.5 Å². The van der Waals surface area contributed by atoms with Crippen LogP contribution in [0.5, 0.6) is 11.5 Å². The quantitative estimate of drug-likeness (QED) is 0.940. The molecule has 2 heterocycles. The third kappa shape index (κ3) is 3.03. The topological polar surface area (TPSA) is 43.4 Å². The molecule has 2 aromatic rings. The summed E-state index contributed by atoms with van der Waals surface area (Å²) in [6.07, 6.45) is 3.58. The third-order valence-corrected chi connectivity index (χ3v) is 3.34. The standard InChI is InChI=1S/C15H15ClN2O2/c16-13-7-12(8-14-15(13)20-6-5-19-14)10-18-9-11-1-3-17-4-2-11/h1-4,7-8,18H,5-6,9-10H2. The molecule has 1 aromatic carbocycles. The molecule has 1 aliphatic rings. The highest BCUT2D eigenvalue weighted by molar-refractivity contribution is 6.32. The van der Waals surface area contributed by atoms with Gasteiger partial charge in [0, 0.05) is 25.5 Å². The molecule has 3 rings (SSSR count). The van der Waals surface area contributed by atoms with Gasteiger partial charge in [0.2, 0.25) is 0 Å². The minimum atomic E-state index is 0.548. The summed E-state index contributed by atoms with van der Waals surface area (Å²) >= 11 is 6.20. The summed E-state index contributed by atoms with van der Waals surface area (Å²) in [5.41, 5.74) is 2.27. The lowest BCUT2D eigenvalue weighted by Gasteiger charge is -2.20. The number of benzene rings is 1. The van der Waals surface area contributed by atoms with Gasteiger partial charge in [-0.15, -0.1) is 0 Å². The zero-order valence-electron chi connectivity index (χ0n) is 10.9. The Morgan fingerprint density at radius 3 is 2.65 bits per heavy atom. The number of halogens is 1. The Balaban J connectivity index is 1.64. The molecule has 1 aliphatic heterocycles. The van der Waals surface area contributed by atoms with E-state index >= 15 is 0 Å². The molecule has 5 heteroatoms. The molecular weight excluding hydrogens is 276 g/mol. The number of fused-ring (bicyclic) bond motifs is 1. The lowest BCUT2D eigenvalue weighted by Crippen LogP contribution is -2.17. The summed E-state index contributed by atoms with van der Waals surface area (Å²) in [7, 11) is 0. The molecular formula is C15H15ClN2O2. The number of ether oxygens (including phenoxy) is 2. The van der Waals surface area contributed by atoms with Gasteiger partial charge in [-0.2, -0.15) is 0 Å². The van der Waals surface area contributed by atoms with Crippen LogP contribution >= 0.6 is 11.6 Å². The summed E-state index contributed by atoms with van der Waals surface area (Å²) in [4.78, 5) is 4.00. The largest absolute Gasteiger partial charge is 0.486 e. The molecule has 0 aliphatic carbocycles. The summed E-state index contributed by atoms with van der Waals surface area (Å²) in [6.45, 7) is 2.62. The summed E-state index contributed by atoms with van der Waals surface area (Å²) in [6, 6.07) is 7.86. The SMILES string of the molecule is Clc1cc(CNCc2ccncc2)cc2c1OCCO2. The smallest absolute Gasteiger partial charge is 0.179 e. The van der Waals surface area contributed by atoms with E-state index in [0.717, 1.165) is 24.4 Å².